The number of hydrogen-bond acceptors (Lipinski definition) is 8. The molecule has 2 heterocycles. The monoisotopic (exact) mass is 411 g/mol. The number of rotatable bonds is 3. The van der Waals surface area contributed by atoms with Crippen LogP contribution in [0.4, 0.5) is 0 Å². The van der Waals surface area contributed by atoms with Crippen LogP contribution in [0.1, 0.15) is 5.56 Å². The fourth-order valence-electron chi connectivity index (χ4n) is 1.85. The Bertz CT molecular complexity index is 806. The minimum Gasteiger partial charge on any atom is -0.466 e. The van der Waals surface area contributed by atoms with Gasteiger partial charge in [-0.25, -0.2) is 4.79 Å². The highest BCUT2D eigenvalue weighted by atomic mass is 79.9. The molecule has 8 nitrogen and oxygen atoms in total. The molecule has 1 saturated heterocycles. The molecule has 0 unspecified atom stereocenters. The van der Waals surface area contributed by atoms with E-state index in [1.807, 2.05) is 0 Å². The van der Waals surface area contributed by atoms with Crippen molar-refractivity contribution in [1.29, 1.82) is 0 Å². The van der Waals surface area contributed by atoms with E-state index in [-0.39, 0.29) is 16.9 Å². The number of amidine groups is 1. The van der Waals surface area contributed by atoms with E-state index in [4.69, 9.17) is 9.47 Å². The van der Waals surface area contributed by atoms with Gasteiger partial charge >= 0.3 is 5.97 Å². The first kappa shape index (κ1) is 16.5. The van der Waals surface area contributed by atoms with Gasteiger partial charge in [0.25, 0.3) is 5.91 Å². The lowest BCUT2D eigenvalue weighted by Gasteiger charge is -2.00. The van der Waals surface area contributed by atoms with Gasteiger partial charge in [0.05, 0.1) is 22.7 Å². The van der Waals surface area contributed by atoms with Crippen LogP contribution in [0.5, 0.6) is 11.5 Å². The number of amides is 1. The third-order valence-electron chi connectivity index (χ3n) is 2.91. The van der Waals surface area contributed by atoms with Crippen LogP contribution in [0.2, 0.25) is 0 Å². The van der Waals surface area contributed by atoms with Crippen LogP contribution in [-0.4, -0.2) is 37.2 Å². The Labute approximate surface area is 149 Å². The van der Waals surface area contributed by atoms with E-state index in [2.05, 4.69) is 36.2 Å². The summed E-state index contributed by atoms with van der Waals surface area (Å²) >= 11 is 4.39. The molecule has 0 aromatic heterocycles. The topological polar surface area (TPSA) is 98.6 Å². The predicted octanol–water partition coefficient (Wildman–Crippen LogP) is 1.79. The lowest BCUT2D eigenvalue weighted by Crippen LogP contribution is -2.19. The molecule has 1 aromatic carbocycles. The molecule has 3 rings (SSSR count). The van der Waals surface area contributed by atoms with Crippen LogP contribution in [0.15, 0.2) is 37.8 Å². The second kappa shape index (κ2) is 7.05. The van der Waals surface area contributed by atoms with E-state index in [9.17, 15) is 9.59 Å². The van der Waals surface area contributed by atoms with Crippen molar-refractivity contribution in [3.05, 3.63) is 33.2 Å². The Morgan fingerprint density at radius 1 is 1.46 bits per heavy atom. The summed E-state index contributed by atoms with van der Waals surface area (Å²) in [5.74, 6) is 0.229. The summed E-state index contributed by atoms with van der Waals surface area (Å²) < 4.78 is 15.8. The van der Waals surface area contributed by atoms with Gasteiger partial charge in [-0.05, 0) is 45.4 Å². The minimum absolute atomic E-state index is 0.175. The number of fused-ring (bicyclic) bond motifs is 1. The molecular formula is C14H10BrN3O5S. The molecule has 2 aliphatic rings. The number of hydrogen-bond donors (Lipinski definition) is 1. The SMILES string of the molecule is COC(=O)/C=C1/S/C(=N\N=Cc2cc(Br)c3c(c2)OCO3)NC1=O. The zero-order valence-electron chi connectivity index (χ0n) is 12.2. The Kier molecular flexibility index (Phi) is 4.86. The highest BCUT2D eigenvalue weighted by Gasteiger charge is 2.25. The van der Waals surface area contributed by atoms with Gasteiger partial charge in [0.2, 0.25) is 6.79 Å². The number of esters is 1. The highest BCUT2D eigenvalue weighted by Crippen LogP contribution is 2.39. The third kappa shape index (κ3) is 3.60. The molecule has 10 heteroatoms. The summed E-state index contributed by atoms with van der Waals surface area (Å²) in [5, 5.41) is 10.6. The maximum atomic E-state index is 11.7. The summed E-state index contributed by atoms with van der Waals surface area (Å²) in [6.07, 6.45) is 2.61. The van der Waals surface area contributed by atoms with E-state index in [0.717, 1.165) is 27.9 Å². The molecule has 24 heavy (non-hydrogen) atoms. The van der Waals surface area contributed by atoms with Gasteiger partial charge in [-0.1, -0.05) is 0 Å². The van der Waals surface area contributed by atoms with Crippen molar-refractivity contribution >= 4 is 51.0 Å². The smallest absolute Gasteiger partial charge is 0.331 e. The Hall–Kier alpha value is -2.33. The van der Waals surface area contributed by atoms with Crippen molar-refractivity contribution in [2.45, 2.75) is 0 Å². The minimum atomic E-state index is -0.609. The van der Waals surface area contributed by atoms with Crippen LogP contribution >= 0.6 is 27.7 Å². The Morgan fingerprint density at radius 3 is 3.08 bits per heavy atom. The van der Waals surface area contributed by atoms with E-state index in [1.165, 1.54) is 13.3 Å². The van der Waals surface area contributed by atoms with Gasteiger partial charge in [0.15, 0.2) is 16.7 Å². The summed E-state index contributed by atoms with van der Waals surface area (Å²) in [6.45, 7) is 0.175. The lowest BCUT2D eigenvalue weighted by atomic mass is 10.2. The lowest BCUT2D eigenvalue weighted by molar-refractivity contribution is -0.135. The first-order valence-corrected chi connectivity index (χ1v) is 8.17. The van der Waals surface area contributed by atoms with Gasteiger partial charge in [-0.15, -0.1) is 5.10 Å². The molecule has 0 radical (unpaired) electrons. The van der Waals surface area contributed by atoms with E-state index >= 15 is 0 Å². The second-order valence-corrected chi connectivity index (χ2v) is 6.36. The average Bonchev–Trinajstić information content (AvgIpc) is 3.15. The van der Waals surface area contributed by atoms with Crippen LogP contribution in [0.25, 0.3) is 0 Å². The Morgan fingerprint density at radius 2 is 2.29 bits per heavy atom. The van der Waals surface area contributed by atoms with Crippen molar-refractivity contribution in [3.8, 4) is 11.5 Å². The molecule has 0 spiro atoms. The number of carbonyl (C=O) groups excluding carboxylic acids is 2. The van der Waals surface area contributed by atoms with Gasteiger partial charge in [-0.3, -0.25) is 10.1 Å². The normalized spacial score (nSPS) is 19.3. The van der Waals surface area contributed by atoms with Crippen molar-refractivity contribution < 1.29 is 23.8 Å². The van der Waals surface area contributed by atoms with Gasteiger partial charge in [0.1, 0.15) is 0 Å². The van der Waals surface area contributed by atoms with Crippen LogP contribution in [-0.2, 0) is 14.3 Å². The molecule has 124 valence electrons. The number of methoxy groups -OCH3 is 1. The Balaban J connectivity index is 1.71. The number of carbonyl (C=O) groups is 2. The summed E-state index contributed by atoms with van der Waals surface area (Å²) in [6, 6.07) is 3.57. The predicted molar refractivity (Wildman–Crippen MR) is 91.1 cm³/mol. The number of ether oxygens (including phenoxy) is 3. The molecule has 0 saturated carbocycles. The van der Waals surface area contributed by atoms with Crippen molar-refractivity contribution in [2.24, 2.45) is 10.2 Å². The molecule has 0 bridgehead atoms. The standard InChI is InChI=1S/C14H10BrN3O5S/c1-21-11(19)4-10-13(20)17-14(24-10)18-16-5-7-2-8(15)12-9(3-7)22-6-23-12/h2-5H,6H2,1H3,(H,17,18,20)/b10-4+,16-5?. The fraction of sp³-hybridized carbons (Fsp3) is 0.143. The summed E-state index contributed by atoms with van der Waals surface area (Å²) in [5.41, 5.74) is 0.745. The van der Waals surface area contributed by atoms with Crippen LogP contribution < -0.4 is 14.8 Å². The number of thioether (sulfide) groups is 1. The van der Waals surface area contributed by atoms with Crippen molar-refractivity contribution in [3.63, 3.8) is 0 Å². The van der Waals surface area contributed by atoms with Crippen molar-refractivity contribution in [2.75, 3.05) is 13.9 Å². The van der Waals surface area contributed by atoms with E-state index < -0.39 is 11.9 Å². The molecule has 0 atom stereocenters. The number of nitrogens with zero attached hydrogens (tertiary/aromatic N) is 2. The van der Waals surface area contributed by atoms with E-state index in [0.29, 0.717) is 11.5 Å². The molecule has 1 amide bonds. The second-order valence-electron chi connectivity index (χ2n) is 4.47. The molecule has 1 N–H and O–H groups in total. The number of benzene rings is 1. The van der Waals surface area contributed by atoms with Crippen LogP contribution in [0, 0.1) is 0 Å². The maximum Gasteiger partial charge on any atom is 0.331 e. The zero-order valence-corrected chi connectivity index (χ0v) is 14.6. The average molecular weight is 412 g/mol. The largest absolute Gasteiger partial charge is 0.466 e. The van der Waals surface area contributed by atoms with Gasteiger partial charge < -0.3 is 14.2 Å². The molecule has 1 aromatic rings. The number of halogens is 1. The quantitative estimate of drug-likeness (QED) is 0.352. The first-order chi connectivity index (χ1) is 11.6. The maximum absolute atomic E-state index is 11.7. The molecule has 0 aliphatic carbocycles. The van der Waals surface area contributed by atoms with Gasteiger partial charge in [0, 0.05) is 6.08 Å². The zero-order chi connectivity index (χ0) is 17.1. The molecular weight excluding hydrogens is 402 g/mol. The molecule has 2 aliphatic heterocycles. The van der Waals surface area contributed by atoms with E-state index in [1.54, 1.807) is 12.1 Å². The third-order valence-corrected chi connectivity index (χ3v) is 4.40. The summed E-state index contributed by atoms with van der Waals surface area (Å²) in [4.78, 5) is 23.0. The fourth-order valence-corrected chi connectivity index (χ4v) is 3.16. The van der Waals surface area contributed by atoms with Gasteiger partial charge in [-0.2, -0.15) is 5.10 Å². The molecule has 1 fully saturated rings. The van der Waals surface area contributed by atoms with Crippen molar-refractivity contribution in [1.82, 2.24) is 5.32 Å². The first-order valence-electron chi connectivity index (χ1n) is 6.56. The van der Waals surface area contributed by atoms with Crippen LogP contribution in [0.3, 0.4) is 0 Å². The number of nitrogens with one attached hydrogen (secondary N) is 1. The summed E-state index contributed by atoms with van der Waals surface area (Å²) in [7, 11) is 1.24. The highest BCUT2D eigenvalue weighted by molar-refractivity contribution is 9.10.